The second-order valence-electron chi connectivity index (χ2n) is 4.83. The lowest BCUT2D eigenvalue weighted by Crippen LogP contribution is -2.53. The van der Waals surface area contributed by atoms with Crippen LogP contribution in [-0.2, 0) is 0 Å². The summed E-state index contributed by atoms with van der Waals surface area (Å²) in [5, 5.41) is 3.33. The van der Waals surface area contributed by atoms with Crippen LogP contribution in [0.1, 0.15) is 13.8 Å². The fourth-order valence-electron chi connectivity index (χ4n) is 2.33. The van der Waals surface area contributed by atoms with Crippen molar-refractivity contribution in [2.75, 3.05) is 51.3 Å². The zero-order valence-electron chi connectivity index (χ0n) is 13.3. The fraction of sp³-hybridized carbons (Fsp3) is 0.643. The topological polar surface area (TPSA) is 65.9 Å². The van der Waals surface area contributed by atoms with E-state index in [0.29, 0.717) is 11.8 Å². The van der Waals surface area contributed by atoms with Crippen molar-refractivity contribution in [1.82, 2.24) is 20.2 Å². The highest BCUT2D eigenvalue weighted by Crippen LogP contribution is 2.23. The summed E-state index contributed by atoms with van der Waals surface area (Å²) < 4.78 is 6.00. The van der Waals surface area contributed by atoms with E-state index in [2.05, 4.69) is 59.9 Å². The maximum Gasteiger partial charge on any atom is 0.232 e. The predicted octanol–water partition coefficient (Wildman–Crippen LogP) is 1.36. The molecule has 122 valence electrons. The Kier molecular flexibility index (Phi) is 6.23. The number of hydrogen-bond donors (Lipinski definition) is 1. The monoisotopic (exact) mass is 370 g/mol. The molecule has 0 spiro atoms. The third-order valence-corrected chi connectivity index (χ3v) is 3.94. The largest absolute Gasteiger partial charge is 0.480 e. The van der Waals surface area contributed by atoms with Crippen molar-refractivity contribution < 1.29 is 4.74 Å². The van der Waals surface area contributed by atoms with E-state index in [4.69, 9.17) is 4.74 Å². The van der Waals surface area contributed by atoms with Crippen molar-refractivity contribution in [3.8, 4) is 5.88 Å². The second-order valence-corrected chi connectivity index (χ2v) is 5.68. The van der Waals surface area contributed by atoms with Crippen LogP contribution in [0.2, 0.25) is 0 Å². The van der Waals surface area contributed by atoms with Gasteiger partial charge in [0.25, 0.3) is 0 Å². The van der Waals surface area contributed by atoms with E-state index in [-0.39, 0.29) is 0 Å². The van der Waals surface area contributed by atoms with Gasteiger partial charge in [-0.25, -0.2) is 4.98 Å². The van der Waals surface area contributed by atoms with Gasteiger partial charge in [-0.15, -0.1) is 0 Å². The third-order valence-electron chi connectivity index (χ3n) is 3.40. The Morgan fingerprint density at radius 2 is 2.09 bits per heavy atom. The molecule has 0 radical (unpaired) electrons. The summed E-state index contributed by atoms with van der Waals surface area (Å²) in [5.41, 5.74) is 0. The van der Waals surface area contributed by atoms with Crippen LogP contribution in [-0.4, -0.2) is 67.2 Å². The van der Waals surface area contributed by atoms with Crippen molar-refractivity contribution in [3.05, 3.63) is 10.7 Å². The molecule has 0 atom stereocenters. The highest BCUT2D eigenvalue weighted by Gasteiger charge is 2.21. The van der Waals surface area contributed by atoms with E-state index >= 15 is 0 Å². The number of ether oxygens (including phenoxy) is 1. The number of halogens is 1. The molecule has 0 aliphatic carbocycles. The van der Waals surface area contributed by atoms with Gasteiger partial charge in [-0.2, -0.15) is 4.98 Å². The predicted molar refractivity (Wildman–Crippen MR) is 91.7 cm³/mol. The average Bonchev–Trinajstić information content (AvgIpc) is 2.55. The molecule has 1 aliphatic heterocycles. The second kappa shape index (κ2) is 8.17. The van der Waals surface area contributed by atoms with Crippen LogP contribution in [0, 0.1) is 0 Å². The molecule has 1 aromatic rings. The van der Waals surface area contributed by atoms with Gasteiger partial charge in [0.2, 0.25) is 11.8 Å². The molecule has 0 unspecified atom stereocenters. The average molecular weight is 371 g/mol. The van der Waals surface area contributed by atoms with Gasteiger partial charge in [0, 0.05) is 39.3 Å². The Morgan fingerprint density at radius 1 is 1.36 bits per heavy atom. The van der Waals surface area contributed by atoms with E-state index in [1.807, 2.05) is 0 Å². The Labute approximate surface area is 139 Å². The molecule has 2 heterocycles. The van der Waals surface area contributed by atoms with Crippen LogP contribution in [0.4, 0.5) is 5.95 Å². The Hall–Kier alpha value is -1.57. The molecule has 0 saturated carbocycles. The van der Waals surface area contributed by atoms with Crippen molar-refractivity contribution in [2.24, 2.45) is 4.99 Å². The zero-order valence-corrected chi connectivity index (χ0v) is 14.9. The lowest BCUT2D eigenvalue weighted by Gasteiger charge is -2.36. The first-order valence-corrected chi connectivity index (χ1v) is 8.33. The van der Waals surface area contributed by atoms with E-state index in [0.717, 1.165) is 49.7 Å². The van der Waals surface area contributed by atoms with Gasteiger partial charge in [0.1, 0.15) is 0 Å². The first-order valence-electron chi connectivity index (χ1n) is 7.54. The van der Waals surface area contributed by atoms with Crippen LogP contribution in [0.3, 0.4) is 0 Å². The number of methoxy groups -OCH3 is 1. The molecule has 8 heteroatoms. The molecule has 1 aromatic heterocycles. The number of anilines is 1. The minimum Gasteiger partial charge on any atom is -0.480 e. The number of nitrogens with zero attached hydrogens (tertiary/aromatic N) is 5. The lowest BCUT2D eigenvalue weighted by atomic mass is 10.3. The molecule has 0 amide bonds. The molecular weight excluding hydrogens is 348 g/mol. The van der Waals surface area contributed by atoms with Crippen LogP contribution in [0.25, 0.3) is 0 Å². The molecule has 1 fully saturated rings. The Morgan fingerprint density at radius 3 is 2.68 bits per heavy atom. The summed E-state index contributed by atoms with van der Waals surface area (Å²) in [6, 6.07) is 0. The first-order chi connectivity index (χ1) is 10.7. The van der Waals surface area contributed by atoms with Crippen LogP contribution < -0.4 is 15.0 Å². The SMILES string of the molecule is CCN=C(NCC)N1CCN(c2ncc(Br)c(OC)n2)CC1. The third kappa shape index (κ3) is 4.00. The van der Waals surface area contributed by atoms with Crippen LogP contribution in [0.15, 0.2) is 15.7 Å². The standard InChI is InChI=1S/C14H23BrN6O/c1-4-16-13(17-5-2)20-6-8-21(9-7-20)14-18-10-11(15)12(19-14)22-3/h10H,4-9H2,1-3H3,(H,16,17). The van der Waals surface area contributed by atoms with Crippen molar-refractivity contribution in [1.29, 1.82) is 0 Å². The number of hydrogen-bond acceptors (Lipinski definition) is 5. The number of piperazine rings is 1. The Balaban J connectivity index is 2.01. The number of aliphatic imine (C=N–C) groups is 1. The summed E-state index contributed by atoms with van der Waals surface area (Å²) in [6.45, 7) is 9.32. The highest BCUT2D eigenvalue weighted by atomic mass is 79.9. The zero-order chi connectivity index (χ0) is 15.9. The van der Waals surface area contributed by atoms with Gasteiger partial charge in [-0.05, 0) is 29.8 Å². The molecule has 1 saturated heterocycles. The molecule has 0 bridgehead atoms. The van der Waals surface area contributed by atoms with Gasteiger partial charge >= 0.3 is 0 Å². The summed E-state index contributed by atoms with van der Waals surface area (Å²) in [5.74, 6) is 2.25. The first kappa shape index (κ1) is 16.8. The highest BCUT2D eigenvalue weighted by molar-refractivity contribution is 9.10. The van der Waals surface area contributed by atoms with Gasteiger partial charge < -0.3 is 19.9 Å². The van der Waals surface area contributed by atoms with Crippen LogP contribution in [0.5, 0.6) is 5.88 Å². The molecule has 0 aromatic carbocycles. The number of nitrogens with one attached hydrogen (secondary N) is 1. The summed E-state index contributed by atoms with van der Waals surface area (Å²) in [6.07, 6.45) is 1.73. The Bertz CT molecular complexity index is 516. The smallest absolute Gasteiger partial charge is 0.232 e. The molecule has 1 N–H and O–H groups in total. The molecule has 2 rings (SSSR count). The van der Waals surface area contributed by atoms with Gasteiger partial charge in [0.05, 0.1) is 17.8 Å². The molecule has 1 aliphatic rings. The van der Waals surface area contributed by atoms with E-state index in [9.17, 15) is 0 Å². The summed E-state index contributed by atoms with van der Waals surface area (Å²) in [7, 11) is 1.61. The number of rotatable bonds is 4. The van der Waals surface area contributed by atoms with E-state index in [1.165, 1.54) is 0 Å². The fourth-order valence-corrected chi connectivity index (χ4v) is 2.68. The normalized spacial score (nSPS) is 15.9. The van der Waals surface area contributed by atoms with Gasteiger partial charge in [-0.3, -0.25) is 4.99 Å². The minimum atomic E-state index is 0.563. The number of aromatic nitrogens is 2. The lowest BCUT2D eigenvalue weighted by molar-refractivity contribution is 0.366. The summed E-state index contributed by atoms with van der Waals surface area (Å²) >= 11 is 3.38. The molecule has 22 heavy (non-hydrogen) atoms. The quantitative estimate of drug-likeness (QED) is 0.637. The maximum atomic E-state index is 5.24. The maximum absolute atomic E-state index is 5.24. The van der Waals surface area contributed by atoms with Crippen molar-refractivity contribution >= 4 is 27.8 Å². The summed E-state index contributed by atoms with van der Waals surface area (Å²) in [4.78, 5) is 17.8. The molecule has 7 nitrogen and oxygen atoms in total. The van der Waals surface area contributed by atoms with Crippen LogP contribution >= 0.6 is 15.9 Å². The van der Waals surface area contributed by atoms with E-state index in [1.54, 1.807) is 13.3 Å². The van der Waals surface area contributed by atoms with Gasteiger partial charge in [-0.1, -0.05) is 0 Å². The van der Waals surface area contributed by atoms with Gasteiger partial charge in [0.15, 0.2) is 5.96 Å². The minimum absolute atomic E-state index is 0.563. The number of guanidine groups is 1. The van der Waals surface area contributed by atoms with Crippen molar-refractivity contribution in [3.63, 3.8) is 0 Å². The molecular formula is C14H23BrN6O. The van der Waals surface area contributed by atoms with E-state index < -0.39 is 0 Å². The van der Waals surface area contributed by atoms with Crippen molar-refractivity contribution in [2.45, 2.75) is 13.8 Å².